The molecule has 0 aliphatic carbocycles. The van der Waals surface area contributed by atoms with Gasteiger partial charge < -0.3 is 14.5 Å². The summed E-state index contributed by atoms with van der Waals surface area (Å²) in [6, 6.07) is 2.99. The highest BCUT2D eigenvalue weighted by Gasteiger charge is 2.15. The molecule has 18 heavy (non-hydrogen) atoms. The van der Waals surface area contributed by atoms with Gasteiger partial charge in [-0.25, -0.2) is 13.6 Å². The summed E-state index contributed by atoms with van der Waals surface area (Å²) in [5.41, 5.74) is 0. The van der Waals surface area contributed by atoms with E-state index in [1.165, 1.54) is 6.07 Å². The van der Waals surface area contributed by atoms with Gasteiger partial charge in [0.05, 0.1) is 13.2 Å². The van der Waals surface area contributed by atoms with Gasteiger partial charge in [0.25, 0.3) is 10.0 Å². The number of nitrogens with two attached hydrogens (primary N) is 1. The fraction of sp³-hybridized carbons (Fsp3) is 0.636. The number of hydrogen-bond donors (Lipinski definition) is 2. The lowest BCUT2D eigenvalue weighted by Gasteiger charge is -2.21. The second kappa shape index (κ2) is 5.83. The molecule has 1 unspecified atom stereocenters. The lowest BCUT2D eigenvalue weighted by molar-refractivity contribution is 0.0545. The van der Waals surface area contributed by atoms with E-state index in [0.29, 0.717) is 18.2 Å². The molecule has 0 spiro atoms. The molecule has 1 fully saturated rings. The van der Waals surface area contributed by atoms with Gasteiger partial charge in [0.15, 0.2) is 0 Å². The number of rotatable bonds is 5. The van der Waals surface area contributed by atoms with Crippen LogP contribution in [-0.2, 0) is 21.3 Å². The van der Waals surface area contributed by atoms with E-state index in [-0.39, 0.29) is 5.09 Å². The summed E-state index contributed by atoms with van der Waals surface area (Å²) in [4.78, 5) is 0. The first-order valence-electron chi connectivity index (χ1n) is 5.95. The van der Waals surface area contributed by atoms with Gasteiger partial charge in [0, 0.05) is 13.2 Å². The van der Waals surface area contributed by atoms with Gasteiger partial charge in [-0.15, -0.1) is 0 Å². The number of sulfonamides is 1. The monoisotopic (exact) mass is 274 g/mol. The minimum absolute atomic E-state index is 0.194. The average molecular weight is 274 g/mol. The Morgan fingerprint density at radius 2 is 2.28 bits per heavy atom. The fourth-order valence-corrected chi connectivity index (χ4v) is 2.45. The van der Waals surface area contributed by atoms with Gasteiger partial charge in [-0.1, -0.05) is 0 Å². The summed E-state index contributed by atoms with van der Waals surface area (Å²) in [5, 5.41) is 7.99. The van der Waals surface area contributed by atoms with Crippen LogP contribution in [0, 0.1) is 5.92 Å². The Bertz CT molecular complexity index is 477. The minimum atomic E-state index is -3.74. The first-order valence-corrected chi connectivity index (χ1v) is 7.50. The van der Waals surface area contributed by atoms with Gasteiger partial charge >= 0.3 is 0 Å². The summed E-state index contributed by atoms with van der Waals surface area (Å²) >= 11 is 0. The largest absolute Gasteiger partial charge is 0.447 e. The van der Waals surface area contributed by atoms with Crippen molar-refractivity contribution in [1.82, 2.24) is 5.32 Å². The quantitative estimate of drug-likeness (QED) is 0.812. The number of nitrogens with one attached hydrogen (secondary N) is 1. The molecule has 1 atom stereocenters. The molecule has 0 radical (unpaired) electrons. The molecule has 1 saturated heterocycles. The van der Waals surface area contributed by atoms with Crippen LogP contribution in [0.1, 0.15) is 18.6 Å². The maximum Gasteiger partial charge on any atom is 0.271 e. The Hall–Kier alpha value is -0.890. The van der Waals surface area contributed by atoms with E-state index >= 15 is 0 Å². The fourth-order valence-electron chi connectivity index (χ4n) is 1.97. The van der Waals surface area contributed by atoms with Crippen LogP contribution in [0.15, 0.2) is 21.6 Å². The smallest absolute Gasteiger partial charge is 0.271 e. The van der Waals surface area contributed by atoms with Crippen molar-refractivity contribution in [1.29, 1.82) is 0 Å². The Kier molecular flexibility index (Phi) is 4.39. The summed E-state index contributed by atoms with van der Waals surface area (Å²) in [5.74, 6) is 1.09. The molecule has 2 rings (SSSR count). The zero-order valence-electron chi connectivity index (χ0n) is 10.1. The molecule has 1 aromatic heterocycles. The van der Waals surface area contributed by atoms with Gasteiger partial charge in [0.1, 0.15) is 5.76 Å². The first-order chi connectivity index (χ1) is 8.55. The van der Waals surface area contributed by atoms with Crippen molar-refractivity contribution in [2.45, 2.75) is 24.5 Å². The highest BCUT2D eigenvalue weighted by Crippen LogP contribution is 2.14. The van der Waals surface area contributed by atoms with Crippen molar-refractivity contribution >= 4 is 10.0 Å². The maximum absolute atomic E-state index is 11.0. The summed E-state index contributed by atoms with van der Waals surface area (Å²) < 4.78 is 32.5. The molecule has 3 N–H and O–H groups in total. The third kappa shape index (κ3) is 3.81. The Labute approximate surface area is 107 Å². The van der Waals surface area contributed by atoms with Gasteiger partial charge in [0.2, 0.25) is 5.09 Å². The summed E-state index contributed by atoms with van der Waals surface area (Å²) in [6.45, 7) is 2.97. The Morgan fingerprint density at radius 1 is 1.44 bits per heavy atom. The predicted molar refractivity (Wildman–Crippen MR) is 65.3 cm³/mol. The molecule has 1 aromatic rings. The zero-order valence-corrected chi connectivity index (χ0v) is 10.9. The molecule has 0 aromatic carbocycles. The van der Waals surface area contributed by atoms with E-state index < -0.39 is 10.0 Å². The lowest BCUT2D eigenvalue weighted by Crippen LogP contribution is -2.28. The highest BCUT2D eigenvalue weighted by molar-refractivity contribution is 7.89. The van der Waals surface area contributed by atoms with Crippen LogP contribution in [0.3, 0.4) is 0 Å². The highest BCUT2D eigenvalue weighted by atomic mass is 32.2. The molecular weight excluding hydrogens is 256 g/mol. The normalized spacial score (nSPS) is 21.1. The van der Waals surface area contributed by atoms with E-state index in [0.717, 1.165) is 32.6 Å². The second-order valence-electron chi connectivity index (χ2n) is 4.48. The maximum atomic E-state index is 11.0. The van der Waals surface area contributed by atoms with Crippen molar-refractivity contribution in [3.05, 3.63) is 17.9 Å². The second-order valence-corrected chi connectivity index (χ2v) is 5.97. The predicted octanol–water partition coefficient (Wildman–Crippen LogP) is 0.443. The van der Waals surface area contributed by atoms with Crippen LogP contribution in [-0.4, -0.2) is 28.2 Å². The first kappa shape index (κ1) is 13.5. The number of primary sulfonamides is 1. The van der Waals surface area contributed by atoms with Crippen molar-refractivity contribution in [2.75, 3.05) is 19.8 Å². The van der Waals surface area contributed by atoms with Crippen molar-refractivity contribution < 1.29 is 17.6 Å². The van der Waals surface area contributed by atoms with E-state index in [4.69, 9.17) is 14.3 Å². The molecule has 102 valence electrons. The Morgan fingerprint density at radius 3 is 2.89 bits per heavy atom. The van der Waals surface area contributed by atoms with Crippen molar-refractivity contribution in [3.8, 4) is 0 Å². The van der Waals surface area contributed by atoms with Crippen LogP contribution < -0.4 is 10.5 Å². The van der Waals surface area contributed by atoms with Crippen molar-refractivity contribution in [2.24, 2.45) is 11.1 Å². The van der Waals surface area contributed by atoms with E-state index in [2.05, 4.69) is 5.32 Å². The number of hydrogen-bond acceptors (Lipinski definition) is 5. The van der Waals surface area contributed by atoms with Crippen molar-refractivity contribution in [3.63, 3.8) is 0 Å². The molecular formula is C11H18N2O4S. The van der Waals surface area contributed by atoms with E-state index in [9.17, 15) is 8.42 Å². The molecule has 0 saturated carbocycles. The van der Waals surface area contributed by atoms with Gasteiger partial charge in [-0.2, -0.15) is 0 Å². The molecule has 1 aliphatic heterocycles. The third-order valence-electron chi connectivity index (χ3n) is 2.90. The summed E-state index contributed by atoms with van der Waals surface area (Å²) in [7, 11) is -3.74. The average Bonchev–Trinajstić information content (AvgIpc) is 2.79. The van der Waals surface area contributed by atoms with E-state index in [1.807, 2.05) is 0 Å². The zero-order chi connectivity index (χ0) is 13.0. The third-order valence-corrected chi connectivity index (χ3v) is 3.68. The molecule has 6 nitrogen and oxygen atoms in total. The van der Waals surface area contributed by atoms with Crippen LogP contribution in [0.2, 0.25) is 0 Å². The van der Waals surface area contributed by atoms with Gasteiger partial charge in [-0.05, 0) is 30.9 Å². The van der Waals surface area contributed by atoms with Crippen LogP contribution in [0.25, 0.3) is 0 Å². The van der Waals surface area contributed by atoms with Crippen LogP contribution in [0.4, 0.5) is 0 Å². The molecule has 7 heteroatoms. The molecule has 0 bridgehead atoms. The minimum Gasteiger partial charge on any atom is -0.447 e. The Balaban J connectivity index is 1.78. The lowest BCUT2D eigenvalue weighted by atomic mass is 10.0. The number of furan rings is 1. The molecule has 1 aliphatic rings. The standard InChI is InChI=1S/C11H18N2O4S/c12-18(14,15)11-4-3-10(17-11)7-13-6-9-2-1-5-16-8-9/h3-4,9,13H,1-2,5-8H2,(H2,12,14,15). The van der Waals surface area contributed by atoms with Gasteiger partial charge in [-0.3, -0.25) is 0 Å². The molecule has 2 heterocycles. The van der Waals surface area contributed by atoms with E-state index in [1.54, 1.807) is 6.07 Å². The summed E-state index contributed by atoms with van der Waals surface area (Å²) in [6.07, 6.45) is 2.26. The van der Waals surface area contributed by atoms with Crippen LogP contribution >= 0.6 is 0 Å². The molecule has 0 amide bonds. The van der Waals surface area contributed by atoms with Crippen LogP contribution in [0.5, 0.6) is 0 Å². The SMILES string of the molecule is NS(=O)(=O)c1ccc(CNCC2CCCOC2)o1. The topological polar surface area (TPSA) is 94.6 Å². The number of ether oxygens (including phenoxy) is 1.